The maximum Gasteiger partial charge on any atom is 0.336 e. The number of carbonyl (C=O) groups is 1. The second kappa shape index (κ2) is 6.80. The Morgan fingerprint density at radius 2 is 1.74 bits per heavy atom. The fourth-order valence-corrected chi connectivity index (χ4v) is 7.33. The van der Waals surface area contributed by atoms with Gasteiger partial charge in [-0.1, -0.05) is 40.0 Å². The van der Waals surface area contributed by atoms with Gasteiger partial charge in [0.15, 0.2) is 9.84 Å². The van der Waals surface area contributed by atoms with Crippen molar-refractivity contribution in [2.24, 2.45) is 11.3 Å². The van der Waals surface area contributed by atoms with Crippen LogP contribution in [0.5, 0.6) is 5.75 Å². The lowest BCUT2D eigenvalue weighted by molar-refractivity contribution is 0.0690. The Kier molecular flexibility index (Phi) is 5.08. The summed E-state index contributed by atoms with van der Waals surface area (Å²) in [6, 6.07) is 2.44. The Labute approximate surface area is 161 Å². The van der Waals surface area contributed by atoms with Crippen LogP contribution in [0.1, 0.15) is 81.6 Å². The number of phenols is 1. The Morgan fingerprint density at radius 3 is 2.41 bits per heavy atom. The molecule has 0 aromatic heterocycles. The molecule has 3 rings (SSSR count). The second-order valence-electron chi connectivity index (χ2n) is 9.33. The van der Waals surface area contributed by atoms with Crippen LogP contribution in [0.4, 0.5) is 0 Å². The fraction of sp³-hybridized carbons (Fsp3) is 0.667. The highest BCUT2D eigenvalue weighted by Gasteiger charge is 2.48. The van der Waals surface area contributed by atoms with Crippen LogP contribution in [-0.4, -0.2) is 30.4 Å². The summed E-state index contributed by atoms with van der Waals surface area (Å²) >= 11 is 0. The number of carboxylic acid groups (broad SMARTS) is 1. The summed E-state index contributed by atoms with van der Waals surface area (Å²) in [6.45, 7) is 6.58. The third kappa shape index (κ3) is 3.73. The maximum absolute atomic E-state index is 12.9. The van der Waals surface area contributed by atoms with Crippen molar-refractivity contribution in [3.63, 3.8) is 0 Å². The Hall–Kier alpha value is -1.56. The number of phenolic OH excluding ortho intramolecular Hbond substituents is 1. The van der Waals surface area contributed by atoms with Gasteiger partial charge in [-0.05, 0) is 60.1 Å². The number of aromatic carboxylic acids is 1. The first-order valence-electron chi connectivity index (χ1n) is 9.80. The summed E-state index contributed by atoms with van der Waals surface area (Å²) in [5.41, 5.74) is 0.0619. The molecular formula is C21H30O5S. The van der Waals surface area contributed by atoms with Gasteiger partial charge in [0.05, 0.1) is 16.2 Å². The molecule has 1 saturated carbocycles. The first kappa shape index (κ1) is 20.2. The molecule has 2 unspecified atom stereocenters. The minimum atomic E-state index is -3.62. The quantitative estimate of drug-likeness (QED) is 0.730. The summed E-state index contributed by atoms with van der Waals surface area (Å²) in [7, 11) is -3.62. The molecule has 0 radical (unpaired) electrons. The number of hydrogen-bond donors (Lipinski definition) is 2. The molecular weight excluding hydrogens is 364 g/mol. The number of sulfone groups is 1. The lowest BCUT2D eigenvalue weighted by Crippen LogP contribution is -2.44. The number of fused-ring (bicyclic) bond motifs is 3. The number of benzene rings is 1. The molecule has 1 aromatic rings. The van der Waals surface area contributed by atoms with E-state index in [2.05, 4.69) is 13.8 Å². The van der Waals surface area contributed by atoms with Gasteiger partial charge in [-0.25, -0.2) is 13.2 Å². The van der Waals surface area contributed by atoms with E-state index in [9.17, 15) is 23.4 Å². The predicted octanol–water partition coefficient (Wildman–Crippen LogP) is 4.52. The zero-order valence-electron chi connectivity index (χ0n) is 16.4. The zero-order chi connectivity index (χ0) is 20.0. The highest BCUT2D eigenvalue weighted by molar-refractivity contribution is 7.91. The van der Waals surface area contributed by atoms with E-state index in [0.29, 0.717) is 5.56 Å². The van der Waals surface area contributed by atoms with Gasteiger partial charge in [-0.3, -0.25) is 0 Å². The van der Waals surface area contributed by atoms with E-state index in [0.717, 1.165) is 44.9 Å². The zero-order valence-corrected chi connectivity index (χ0v) is 17.2. The van der Waals surface area contributed by atoms with Crippen LogP contribution in [0.2, 0.25) is 0 Å². The van der Waals surface area contributed by atoms with Gasteiger partial charge in [-0.2, -0.15) is 0 Å². The molecule has 1 heterocycles. The first-order valence-corrected chi connectivity index (χ1v) is 11.5. The van der Waals surface area contributed by atoms with Crippen molar-refractivity contribution in [1.82, 2.24) is 0 Å². The lowest BCUT2D eigenvalue weighted by Gasteiger charge is -2.45. The number of rotatable bonds is 1. The Balaban J connectivity index is 2.19. The predicted molar refractivity (Wildman–Crippen MR) is 104 cm³/mol. The molecule has 1 aromatic carbocycles. The molecule has 1 aliphatic carbocycles. The van der Waals surface area contributed by atoms with E-state index in [4.69, 9.17) is 0 Å². The summed E-state index contributed by atoms with van der Waals surface area (Å²) in [6.07, 6.45) is 6.66. The maximum atomic E-state index is 12.9. The van der Waals surface area contributed by atoms with Crippen molar-refractivity contribution in [3.8, 4) is 5.75 Å². The highest BCUT2D eigenvalue weighted by atomic mass is 32.2. The molecule has 6 heteroatoms. The average molecular weight is 395 g/mol. The third-order valence-electron chi connectivity index (χ3n) is 6.75. The summed E-state index contributed by atoms with van der Waals surface area (Å²) in [5.74, 6) is -1.56. The third-order valence-corrected chi connectivity index (χ3v) is 8.58. The molecule has 0 amide bonds. The molecule has 0 spiro atoms. The van der Waals surface area contributed by atoms with E-state index >= 15 is 0 Å². The number of aromatic hydroxyl groups is 1. The van der Waals surface area contributed by atoms with Gasteiger partial charge in [0, 0.05) is 0 Å². The van der Waals surface area contributed by atoms with E-state index in [1.54, 1.807) is 0 Å². The van der Waals surface area contributed by atoms with Crippen LogP contribution in [0.3, 0.4) is 0 Å². The van der Waals surface area contributed by atoms with Crippen LogP contribution in [-0.2, 0) is 15.3 Å². The Morgan fingerprint density at radius 1 is 1.07 bits per heavy atom. The van der Waals surface area contributed by atoms with Gasteiger partial charge >= 0.3 is 5.97 Å². The lowest BCUT2D eigenvalue weighted by atomic mass is 9.64. The normalized spacial score (nSPS) is 30.0. The standard InChI is InChI=1S/C21H30O5S/c1-20(2)8-5-4-7-14-13-27(25,26)17-12-15(22)11-16(19(23)24)18(17)21(14,3)10-6-9-20/h11-12,14,22H,4-10,13H2,1-3H3,(H,23,24). The molecule has 1 fully saturated rings. The topological polar surface area (TPSA) is 91.7 Å². The van der Waals surface area contributed by atoms with Gasteiger partial charge in [0.1, 0.15) is 5.75 Å². The molecule has 150 valence electrons. The van der Waals surface area contributed by atoms with Gasteiger partial charge in [0.25, 0.3) is 0 Å². The van der Waals surface area contributed by atoms with E-state index in [-0.39, 0.29) is 33.3 Å². The van der Waals surface area contributed by atoms with Gasteiger partial charge < -0.3 is 10.2 Å². The van der Waals surface area contributed by atoms with Crippen molar-refractivity contribution in [2.75, 3.05) is 5.75 Å². The van der Waals surface area contributed by atoms with Crippen molar-refractivity contribution >= 4 is 15.8 Å². The molecule has 27 heavy (non-hydrogen) atoms. The van der Waals surface area contributed by atoms with Crippen LogP contribution >= 0.6 is 0 Å². The van der Waals surface area contributed by atoms with Crippen molar-refractivity contribution in [2.45, 2.75) is 76.0 Å². The molecule has 2 N–H and O–H groups in total. The van der Waals surface area contributed by atoms with Crippen molar-refractivity contribution < 1.29 is 23.4 Å². The molecule has 0 bridgehead atoms. The number of hydrogen-bond acceptors (Lipinski definition) is 4. The van der Waals surface area contributed by atoms with Gasteiger partial charge in [-0.15, -0.1) is 0 Å². The molecule has 0 saturated heterocycles. The molecule has 1 aliphatic heterocycles. The summed E-state index contributed by atoms with van der Waals surface area (Å²) in [5, 5.41) is 19.7. The second-order valence-corrected chi connectivity index (χ2v) is 11.3. The van der Waals surface area contributed by atoms with E-state index in [1.807, 2.05) is 6.92 Å². The largest absolute Gasteiger partial charge is 0.508 e. The molecule has 2 aliphatic rings. The van der Waals surface area contributed by atoms with Crippen LogP contribution < -0.4 is 0 Å². The smallest absolute Gasteiger partial charge is 0.336 e. The fourth-order valence-electron chi connectivity index (χ4n) is 5.13. The summed E-state index contributed by atoms with van der Waals surface area (Å²) in [4.78, 5) is 11.9. The van der Waals surface area contributed by atoms with Gasteiger partial charge in [0.2, 0.25) is 0 Å². The van der Waals surface area contributed by atoms with E-state index in [1.165, 1.54) is 12.1 Å². The molecule has 5 nitrogen and oxygen atoms in total. The van der Waals surface area contributed by atoms with Crippen molar-refractivity contribution in [3.05, 3.63) is 23.3 Å². The summed E-state index contributed by atoms with van der Waals surface area (Å²) < 4.78 is 25.9. The average Bonchev–Trinajstić information content (AvgIpc) is 2.54. The monoisotopic (exact) mass is 394 g/mol. The minimum absolute atomic E-state index is 0.00923. The number of carboxylic acids is 1. The van der Waals surface area contributed by atoms with Crippen LogP contribution in [0.15, 0.2) is 17.0 Å². The minimum Gasteiger partial charge on any atom is -0.508 e. The molecule has 2 atom stereocenters. The van der Waals surface area contributed by atoms with Crippen molar-refractivity contribution in [1.29, 1.82) is 0 Å². The van der Waals surface area contributed by atoms with Crippen LogP contribution in [0, 0.1) is 11.3 Å². The highest BCUT2D eigenvalue weighted by Crippen LogP contribution is 2.51. The first-order chi connectivity index (χ1) is 12.5. The van der Waals surface area contributed by atoms with E-state index < -0.39 is 21.2 Å². The Bertz CT molecular complexity index is 856. The SMILES string of the molecule is CC1(C)CCCCC2CS(=O)(=O)c3cc(O)cc(C(=O)O)c3C2(C)CCC1. The van der Waals surface area contributed by atoms with Crippen LogP contribution in [0.25, 0.3) is 0 Å².